The number of carbonyl (C=O) groups is 1. The fourth-order valence-electron chi connectivity index (χ4n) is 1.52. The topological polar surface area (TPSA) is 69.6 Å². The Balaban J connectivity index is 2.62. The number of amides is 1. The summed E-state index contributed by atoms with van der Waals surface area (Å²) in [5.41, 5.74) is 0.289. The number of rotatable bonds is 5. The fourth-order valence-corrected chi connectivity index (χ4v) is 2.01. The van der Waals surface area contributed by atoms with E-state index in [1.54, 1.807) is 0 Å². The summed E-state index contributed by atoms with van der Waals surface area (Å²) in [5.74, 6) is -0.697. The number of benzene rings is 1. The highest BCUT2D eigenvalue weighted by molar-refractivity contribution is 9.10. The second-order valence-electron chi connectivity index (χ2n) is 3.99. The summed E-state index contributed by atoms with van der Waals surface area (Å²) in [7, 11) is 0. The van der Waals surface area contributed by atoms with E-state index in [0.29, 0.717) is 4.47 Å². The summed E-state index contributed by atoms with van der Waals surface area (Å²) in [6.07, 6.45) is -2.06. The van der Waals surface area contributed by atoms with Gasteiger partial charge in [0.1, 0.15) is 11.9 Å². The second-order valence-corrected chi connectivity index (χ2v) is 4.90. The van der Waals surface area contributed by atoms with E-state index in [0.717, 1.165) is 6.07 Å². The van der Waals surface area contributed by atoms with E-state index in [9.17, 15) is 19.4 Å². The van der Waals surface area contributed by atoms with Gasteiger partial charge in [-0.25, -0.2) is 4.39 Å². The van der Waals surface area contributed by atoms with Gasteiger partial charge in [0.15, 0.2) is 0 Å². The molecule has 0 radical (unpaired) electrons. The Kier molecular flexibility index (Phi) is 5.71. The monoisotopic (exact) mass is 319 g/mol. The zero-order valence-electron chi connectivity index (χ0n) is 9.86. The minimum atomic E-state index is -1.19. The number of hydrogen-bond donors (Lipinski definition) is 3. The SMILES string of the molecule is CC(=O)NCCC(O)C(O)c1cc(F)cc(Br)c1. The van der Waals surface area contributed by atoms with Crippen LogP contribution in [-0.2, 0) is 4.79 Å². The predicted octanol–water partition coefficient (Wildman–Crippen LogP) is 1.51. The molecule has 2 unspecified atom stereocenters. The molecule has 0 aromatic heterocycles. The minimum Gasteiger partial charge on any atom is -0.390 e. The van der Waals surface area contributed by atoms with Crippen molar-refractivity contribution in [2.75, 3.05) is 6.54 Å². The zero-order valence-corrected chi connectivity index (χ0v) is 11.4. The average molecular weight is 320 g/mol. The van der Waals surface area contributed by atoms with Crippen LogP contribution in [0.2, 0.25) is 0 Å². The van der Waals surface area contributed by atoms with Crippen LogP contribution in [0, 0.1) is 5.82 Å². The summed E-state index contributed by atoms with van der Waals surface area (Å²) in [5, 5.41) is 22.1. The first kappa shape index (κ1) is 15.1. The Morgan fingerprint density at radius 2 is 2.11 bits per heavy atom. The molecule has 0 aliphatic carbocycles. The normalized spacial score (nSPS) is 14.1. The number of hydrogen-bond acceptors (Lipinski definition) is 3. The van der Waals surface area contributed by atoms with Gasteiger partial charge < -0.3 is 15.5 Å². The maximum absolute atomic E-state index is 13.1. The molecule has 0 saturated carbocycles. The smallest absolute Gasteiger partial charge is 0.216 e. The Labute approximate surface area is 113 Å². The Hall–Kier alpha value is -0.980. The quantitative estimate of drug-likeness (QED) is 0.770. The van der Waals surface area contributed by atoms with Gasteiger partial charge in [0.2, 0.25) is 5.91 Å². The molecule has 18 heavy (non-hydrogen) atoms. The van der Waals surface area contributed by atoms with Crippen LogP contribution in [0.4, 0.5) is 4.39 Å². The molecule has 0 spiro atoms. The van der Waals surface area contributed by atoms with Crippen molar-refractivity contribution < 1.29 is 19.4 Å². The summed E-state index contributed by atoms with van der Waals surface area (Å²) >= 11 is 3.11. The van der Waals surface area contributed by atoms with E-state index in [2.05, 4.69) is 21.2 Å². The van der Waals surface area contributed by atoms with Crippen molar-refractivity contribution in [2.45, 2.75) is 25.6 Å². The largest absolute Gasteiger partial charge is 0.390 e. The Morgan fingerprint density at radius 3 is 2.67 bits per heavy atom. The Bertz CT molecular complexity index is 408. The molecule has 0 heterocycles. The first-order valence-electron chi connectivity index (χ1n) is 5.46. The highest BCUT2D eigenvalue weighted by Crippen LogP contribution is 2.23. The lowest BCUT2D eigenvalue weighted by Crippen LogP contribution is -2.27. The molecule has 4 nitrogen and oxygen atoms in total. The molecule has 1 aromatic carbocycles. The number of nitrogens with one attached hydrogen (secondary N) is 1. The van der Waals surface area contributed by atoms with Crippen molar-refractivity contribution in [3.63, 3.8) is 0 Å². The first-order chi connectivity index (χ1) is 8.40. The molecule has 0 saturated heterocycles. The van der Waals surface area contributed by atoms with Crippen LogP contribution < -0.4 is 5.32 Å². The van der Waals surface area contributed by atoms with Crippen LogP contribution in [0.3, 0.4) is 0 Å². The minimum absolute atomic E-state index is 0.189. The van der Waals surface area contributed by atoms with Gasteiger partial charge in [-0.05, 0) is 30.2 Å². The highest BCUT2D eigenvalue weighted by Gasteiger charge is 2.19. The second kappa shape index (κ2) is 6.82. The zero-order chi connectivity index (χ0) is 13.7. The Morgan fingerprint density at radius 1 is 1.44 bits per heavy atom. The lowest BCUT2D eigenvalue weighted by molar-refractivity contribution is -0.119. The first-order valence-corrected chi connectivity index (χ1v) is 6.26. The fraction of sp³-hybridized carbons (Fsp3) is 0.417. The molecule has 1 amide bonds. The summed E-state index contributed by atoms with van der Waals surface area (Å²) < 4.78 is 13.6. The van der Waals surface area contributed by atoms with Crippen molar-refractivity contribution in [2.24, 2.45) is 0 Å². The van der Waals surface area contributed by atoms with Crippen LogP contribution in [0.25, 0.3) is 0 Å². The van der Waals surface area contributed by atoms with Gasteiger partial charge in [-0.3, -0.25) is 4.79 Å². The van der Waals surface area contributed by atoms with E-state index >= 15 is 0 Å². The van der Waals surface area contributed by atoms with Crippen molar-refractivity contribution in [3.8, 4) is 0 Å². The molecule has 0 aliphatic heterocycles. The summed E-state index contributed by atoms with van der Waals surface area (Å²) in [4.78, 5) is 10.6. The van der Waals surface area contributed by atoms with Gasteiger partial charge in [-0.15, -0.1) is 0 Å². The van der Waals surface area contributed by atoms with Gasteiger partial charge in [-0.1, -0.05) is 15.9 Å². The third-order valence-electron chi connectivity index (χ3n) is 2.40. The number of halogens is 2. The van der Waals surface area contributed by atoms with Crippen LogP contribution >= 0.6 is 15.9 Å². The summed E-state index contributed by atoms with van der Waals surface area (Å²) in [6, 6.07) is 3.96. The van der Waals surface area contributed by atoms with Crippen LogP contribution in [0.15, 0.2) is 22.7 Å². The lowest BCUT2D eigenvalue weighted by Gasteiger charge is -2.18. The predicted molar refractivity (Wildman–Crippen MR) is 68.4 cm³/mol. The van der Waals surface area contributed by atoms with Gasteiger partial charge >= 0.3 is 0 Å². The van der Waals surface area contributed by atoms with Crippen molar-refractivity contribution in [1.82, 2.24) is 5.32 Å². The number of aliphatic hydroxyl groups is 2. The highest BCUT2D eigenvalue weighted by atomic mass is 79.9. The molecule has 6 heteroatoms. The number of aliphatic hydroxyl groups excluding tert-OH is 2. The van der Waals surface area contributed by atoms with E-state index in [1.807, 2.05) is 0 Å². The lowest BCUT2D eigenvalue weighted by atomic mass is 10.0. The molecule has 0 aliphatic rings. The molecule has 3 N–H and O–H groups in total. The molecule has 0 bridgehead atoms. The third-order valence-corrected chi connectivity index (χ3v) is 2.86. The molecule has 0 fully saturated rings. The van der Waals surface area contributed by atoms with E-state index in [4.69, 9.17) is 0 Å². The van der Waals surface area contributed by atoms with Gasteiger partial charge in [0.05, 0.1) is 6.10 Å². The van der Waals surface area contributed by atoms with Crippen molar-refractivity contribution >= 4 is 21.8 Å². The molecule has 1 rings (SSSR count). The maximum Gasteiger partial charge on any atom is 0.216 e. The molecule has 100 valence electrons. The number of carbonyl (C=O) groups excluding carboxylic acids is 1. The molecule has 1 aromatic rings. The van der Waals surface area contributed by atoms with E-state index < -0.39 is 18.0 Å². The third kappa shape index (κ3) is 4.72. The van der Waals surface area contributed by atoms with E-state index in [-0.39, 0.29) is 24.4 Å². The van der Waals surface area contributed by atoms with E-state index in [1.165, 1.54) is 19.1 Å². The molecular weight excluding hydrogens is 305 g/mol. The van der Waals surface area contributed by atoms with Gasteiger partial charge in [-0.2, -0.15) is 0 Å². The van der Waals surface area contributed by atoms with Crippen LogP contribution in [0.5, 0.6) is 0 Å². The average Bonchev–Trinajstić information content (AvgIpc) is 2.26. The standard InChI is InChI=1S/C12H15BrFNO3/c1-7(16)15-3-2-11(17)12(18)8-4-9(13)6-10(14)5-8/h4-6,11-12,17-18H,2-3H2,1H3,(H,15,16). The van der Waals surface area contributed by atoms with Crippen LogP contribution in [-0.4, -0.2) is 28.8 Å². The van der Waals surface area contributed by atoms with Crippen LogP contribution in [0.1, 0.15) is 25.0 Å². The molecule has 2 atom stereocenters. The van der Waals surface area contributed by atoms with Gasteiger partial charge in [0, 0.05) is 17.9 Å². The summed E-state index contributed by atoms with van der Waals surface area (Å²) in [6.45, 7) is 1.62. The van der Waals surface area contributed by atoms with Crippen molar-refractivity contribution in [3.05, 3.63) is 34.1 Å². The molecular formula is C12H15BrFNO3. The van der Waals surface area contributed by atoms with Crippen molar-refractivity contribution in [1.29, 1.82) is 0 Å². The maximum atomic E-state index is 13.1. The van der Waals surface area contributed by atoms with Gasteiger partial charge in [0.25, 0.3) is 0 Å².